The summed E-state index contributed by atoms with van der Waals surface area (Å²) in [6.45, 7) is 0. The number of carboxylic acids is 1. The van der Waals surface area contributed by atoms with Crippen molar-refractivity contribution in [2.75, 3.05) is 7.11 Å². The molecule has 4 heteroatoms. The largest absolute Gasteiger partial charge is 0.496 e. The van der Waals surface area contributed by atoms with Crippen LogP contribution in [-0.2, 0) is 0 Å². The minimum absolute atomic E-state index is 0.0776. The van der Waals surface area contributed by atoms with Crippen LogP contribution in [0.2, 0.25) is 0 Å². The van der Waals surface area contributed by atoms with Crippen LogP contribution < -0.4 is 4.74 Å². The summed E-state index contributed by atoms with van der Waals surface area (Å²) in [6, 6.07) is 10.8. The van der Waals surface area contributed by atoms with E-state index in [1.54, 1.807) is 24.3 Å². The highest BCUT2D eigenvalue weighted by atomic mass is 19.1. The van der Waals surface area contributed by atoms with Gasteiger partial charge in [-0.1, -0.05) is 24.3 Å². The molecular weight excluding hydrogens is 235 g/mol. The SMILES string of the molecule is COc1ccccc1-c1ccc(C(=O)O)cc1F. The molecule has 0 heterocycles. The van der Waals surface area contributed by atoms with Gasteiger partial charge in [-0.3, -0.25) is 0 Å². The zero-order valence-corrected chi connectivity index (χ0v) is 9.68. The molecule has 0 spiro atoms. The number of benzene rings is 2. The van der Waals surface area contributed by atoms with Gasteiger partial charge in [-0.05, 0) is 18.2 Å². The second-order valence-electron chi connectivity index (χ2n) is 3.70. The van der Waals surface area contributed by atoms with Gasteiger partial charge in [0.15, 0.2) is 0 Å². The second kappa shape index (κ2) is 4.87. The third kappa shape index (κ3) is 2.18. The van der Waals surface area contributed by atoms with E-state index in [1.807, 2.05) is 0 Å². The van der Waals surface area contributed by atoms with E-state index in [9.17, 15) is 9.18 Å². The van der Waals surface area contributed by atoms with Gasteiger partial charge in [0.05, 0.1) is 12.7 Å². The molecule has 0 aromatic heterocycles. The van der Waals surface area contributed by atoms with Crippen LogP contribution in [0.4, 0.5) is 4.39 Å². The molecule has 0 aliphatic rings. The molecule has 18 heavy (non-hydrogen) atoms. The minimum atomic E-state index is -1.15. The fourth-order valence-electron chi connectivity index (χ4n) is 1.73. The van der Waals surface area contributed by atoms with Crippen molar-refractivity contribution in [3.8, 4) is 16.9 Å². The smallest absolute Gasteiger partial charge is 0.335 e. The summed E-state index contributed by atoms with van der Waals surface area (Å²) < 4.78 is 19.0. The first-order valence-electron chi connectivity index (χ1n) is 5.29. The molecular formula is C14H11FO3. The molecule has 92 valence electrons. The fraction of sp³-hybridized carbons (Fsp3) is 0.0714. The number of aromatic carboxylic acids is 1. The molecule has 0 atom stereocenters. The molecule has 2 aromatic carbocycles. The Morgan fingerprint density at radius 3 is 2.50 bits per heavy atom. The quantitative estimate of drug-likeness (QED) is 0.904. The van der Waals surface area contributed by atoms with Crippen LogP contribution in [0.5, 0.6) is 5.75 Å². The molecule has 3 nitrogen and oxygen atoms in total. The van der Waals surface area contributed by atoms with Crippen LogP contribution >= 0.6 is 0 Å². The van der Waals surface area contributed by atoms with Crippen molar-refractivity contribution in [1.82, 2.24) is 0 Å². The van der Waals surface area contributed by atoms with Gasteiger partial charge in [0.25, 0.3) is 0 Å². The number of rotatable bonds is 3. The lowest BCUT2D eigenvalue weighted by molar-refractivity contribution is 0.0696. The molecule has 1 N–H and O–H groups in total. The van der Waals surface area contributed by atoms with Crippen molar-refractivity contribution in [2.24, 2.45) is 0 Å². The third-order valence-corrected chi connectivity index (χ3v) is 2.61. The Hall–Kier alpha value is -2.36. The lowest BCUT2D eigenvalue weighted by Crippen LogP contribution is -1.98. The summed E-state index contributed by atoms with van der Waals surface area (Å²) in [4.78, 5) is 10.7. The van der Waals surface area contributed by atoms with Gasteiger partial charge in [-0.2, -0.15) is 0 Å². The Labute approximate surface area is 103 Å². The van der Waals surface area contributed by atoms with E-state index in [0.717, 1.165) is 6.07 Å². The molecule has 0 bridgehead atoms. The molecule has 0 amide bonds. The first-order chi connectivity index (χ1) is 8.63. The average molecular weight is 246 g/mol. The number of hydrogen-bond acceptors (Lipinski definition) is 2. The van der Waals surface area contributed by atoms with Crippen LogP contribution in [0.3, 0.4) is 0 Å². The molecule has 0 unspecified atom stereocenters. The summed E-state index contributed by atoms with van der Waals surface area (Å²) in [5.41, 5.74) is 0.832. The summed E-state index contributed by atoms with van der Waals surface area (Å²) >= 11 is 0. The zero-order valence-electron chi connectivity index (χ0n) is 9.68. The average Bonchev–Trinajstić information content (AvgIpc) is 2.38. The van der Waals surface area contributed by atoms with E-state index >= 15 is 0 Å². The van der Waals surface area contributed by atoms with E-state index in [4.69, 9.17) is 9.84 Å². The molecule has 0 aliphatic heterocycles. The minimum Gasteiger partial charge on any atom is -0.496 e. The molecule has 0 fully saturated rings. The second-order valence-corrected chi connectivity index (χ2v) is 3.70. The Morgan fingerprint density at radius 2 is 1.89 bits per heavy atom. The first kappa shape index (κ1) is 12.1. The third-order valence-electron chi connectivity index (χ3n) is 2.61. The number of para-hydroxylation sites is 1. The topological polar surface area (TPSA) is 46.5 Å². The van der Waals surface area contributed by atoms with Crippen LogP contribution in [-0.4, -0.2) is 18.2 Å². The van der Waals surface area contributed by atoms with Gasteiger partial charge in [0.2, 0.25) is 0 Å². The highest BCUT2D eigenvalue weighted by Gasteiger charge is 2.12. The predicted octanol–water partition coefficient (Wildman–Crippen LogP) is 3.20. The van der Waals surface area contributed by atoms with E-state index in [0.29, 0.717) is 16.9 Å². The maximum atomic E-state index is 13.9. The fourth-order valence-corrected chi connectivity index (χ4v) is 1.73. The molecule has 0 aliphatic carbocycles. The summed E-state index contributed by atoms with van der Waals surface area (Å²) in [5.74, 6) is -1.20. The number of halogens is 1. The predicted molar refractivity (Wildman–Crippen MR) is 65.3 cm³/mol. The molecule has 2 aromatic rings. The zero-order chi connectivity index (χ0) is 13.1. The summed E-state index contributed by atoms with van der Waals surface area (Å²) in [7, 11) is 1.50. The maximum absolute atomic E-state index is 13.9. The number of carboxylic acid groups (broad SMARTS) is 1. The maximum Gasteiger partial charge on any atom is 0.335 e. The monoisotopic (exact) mass is 246 g/mol. The Bertz CT molecular complexity index is 593. The molecule has 0 saturated heterocycles. The summed E-state index contributed by atoms with van der Waals surface area (Å²) in [6.07, 6.45) is 0. The molecule has 0 radical (unpaired) electrons. The lowest BCUT2D eigenvalue weighted by Gasteiger charge is -2.09. The van der Waals surface area contributed by atoms with Crippen LogP contribution in [0, 0.1) is 5.82 Å². The number of hydrogen-bond donors (Lipinski definition) is 1. The Balaban J connectivity index is 2.54. The van der Waals surface area contributed by atoms with E-state index in [1.165, 1.54) is 19.2 Å². The van der Waals surface area contributed by atoms with Gasteiger partial charge in [0, 0.05) is 11.1 Å². The van der Waals surface area contributed by atoms with Crippen LogP contribution in [0.15, 0.2) is 42.5 Å². The van der Waals surface area contributed by atoms with E-state index in [2.05, 4.69) is 0 Å². The van der Waals surface area contributed by atoms with Gasteiger partial charge in [-0.25, -0.2) is 9.18 Å². The van der Waals surface area contributed by atoms with Gasteiger partial charge in [0.1, 0.15) is 11.6 Å². The van der Waals surface area contributed by atoms with E-state index in [-0.39, 0.29) is 5.56 Å². The van der Waals surface area contributed by atoms with Gasteiger partial charge < -0.3 is 9.84 Å². The summed E-state index contributed by atoms with van der Waals surface area (Å²) in [5, 5.41) is 8.78. The molecule has 2 rings (SSSR count). The number of carbonyl (C=O) groups is 1. The highest BCUT2D eigenvalue weighted by molar-refractivity contribution is 5.88. The standard InChI is InChI=1S/C14H11FO3/c1-18-13-5-3-2-4-11(13)10-7-6-9(14(16)17)8-12(10)15/h2-8H,1H3,(H,16,17). The van der Waals surface area contributed by atoms with E-state index < -0.39 is 11.8 Å². The first-order valence-corrected chi connectivity index (χ1v) is 5.29. The van der Waals surface area contributed by atoms with Gasteiger partial charge in [-0.15, -0.1) is 0 Å². The van der Waals surface area contributed by atoms with Crippen molar-refractivity contribution in [3.05, 3.63) is 53.8 Å². The van der Waals surface area contributed by atoms with Crippen LogP contribution in [0.1, 0.15) is 10.4 Å². The Kier molecular flexibility index (Phi) is 3.28. The normalized spacial score (nSPS) is 10.1. The Morgan fingerprint density at radius 1 is 1.17 bits per heavy atom. The van der Waals surface area contributed by atoms with Crippen LogP contribution in [0.25, 0.3) is 11.1 Å². The van der Waals surface area contributed by atoms with Crippen molar-refractivity contribution < 1.29 is 19.0 Å². The molecule has 0 saturated carbocycles. The highest BCUT2D eigenvalue weighted by Crippen LogP contribution is 2.31. The van der Waals surface area contributed by atoms with Crippen molar-refractivity contribution in [3.63, 3.8) is 0 Å². The van der Waals surface area contributed by atoms with Crippen molar-refractivity contribution in [2.45, 2.75) is 0 Å². The van der Waals surface area contributed by atoms with Gasteiger partial charge >= 0.3 is 5.97 Å². The number of ether oxygens (including phenoxy) is 1. The van der Waals surface area contributed by atoms with Crippen molar-refractivity contribution in [1.29, 1.82) is 0 Å². The van der Waals surface area contributed by atoms with Crippen molar-refractivity contribution >= 4 is 5.97 Å². The number of methoxy groups -OCH3 is 1. The lowest BCUT2D eigenvalue weighted by atomic mass is 10.0.